The van der Waals surface area contributed by atoms with E-state index in [9.17, 15) is 9.90 Å². The van der Waals surface area contributed by atoms with E-state index >= 15 is 0 Å². The minimum absolute atomic E-state index is 0.103. The second-order valence-corrected chi connectivity index (χ2v) is 2.81. The van der Waals surface area contributed by atoms with Crippen LogP contribution >= 0.6 is 22.6 Å². The molecule has 0 aliphatic heterocycles. The van der Waals surface area contributed by atoms with E-state index in [1.165, 1.54) is 12.1 Å². The molecule has 0 aliphatic carbocycles. The molecule has 0 aromatic carbocycles. The number of carboxylic acids is 1. The lowest BCUT2D eigenvalue weighted by Gasteiger charge is -2.06. The molecule has 0 unspecified atom stereocenters. The van der Waals surface area contributed by atoms with Crippen LogP contribution in [0.2, 0.25) is 0 Å². The lowest BCUT2D eigenvalue weighted by molar-refractivity contribution is -0.270. The Bertz CT molecular complexity index is 300. The molecule has 0 bridgehead atoms. The first-order valence-electron chi connectivity index (χ1n) is 2.68. The highest BCUT2D eigenvalue weighted by molar-refractivity contribution is 14.1. The Morgan fingerprint density at radius 3 is 2.73 bits per heavy atom. The normalized spacial score (nSPS) is 9.55. The van der Waals surface area contributed by atoms with Crippen molar-refractivity contribution in [2.45, 2.75) is 0 Å². The first kappa shape index (κ1) is 8.25. The average molecular weight is 264 g/mol. The third-order valence-corrected chi connectivity index (χ3v) is 1.81. The van der Waals surface area contributed by atoms with Gasteiger partial charge >= 0.3 is 5.97 Å². The Morgan fingerprint density at radius 2 is 2.27 bits per heavy atom. The summed E-state index contributed by atoms with van der Waals surface area (Å²) >= 11 is 1.70. The predicted molar refractivity (Wildman–Crippen MR) is 43.4 cm³/mol. The van der Waals surface area contributed by atoms with Gasteiger partial charge in [-0.1, -0.05) is 11.8 Å². The molecule has 0 amide bonds. The van der Waals surface area contributed by atoms with Crippen molar-refractivity contribution in [2.75, 3.05) is 0 Å². The predicted octanol–water partition coefficient (Wildman–Crippen LogP) is 0.458. The molecule has 58 valence electrons. The summed E-state index contributed by atoms with van der Waals surface area (Å²) in [7, 11) is 0. The minimum atomic E-state index is -1.12. The van der Waals surface area contributed by atoms with Gasteiger partial charge in [-0.25, -0.2) is 9.78 Å². The summed E-state index contributed by atoms with van der Waals surface area (Å²) in [5.41, 5.74) is -0.103. The molecule has 11 heavy (non-hydrogen) atoms. The summed E-state index contributed by atoms with van der Waals surface area (Å²) in [5.74, 6) is -1.38. The van der Waals surface area contributed by atoms with Crippen molar-refractivity contribution in [1.82, 2.24) is 4.98 Å². The second-order valence-electron chi connectivity index (χ2n) is 1.79. The Morgan fingerprint density at radius 1 is 1.64 bits per heavy atom. The molecule has 4 nitrogen and oxygen atoms in total. The van der Waals surface area contributed by atoms with E-state index in [-0.39, 0.29) is 15.1 Å². The topological polar surface area (TPSA) is 73.2 Å². The molecular weight excluding hydrogens is 261 g/mol. The first-order chi connectivity index (χ1) is 5.11. The van der Waals surface area contributed by atoms with E-state index < -0.39 is 5.97 Å². The number of halogens is 1. The maximum atomic E-state index is 10.7. The molecule has 1 aromatic rings. The van der Waals surface area contributed by atoms with Crippen molar-refractivity contribution in [3.63, 3.8) is 0 Å². The van der Waals surface area contributed by atoms with Gasteiger partial charge in [0.05, 0.1) is 3.70 Å². The summed E-state index contributed by atoms with van der Waals surface area (Å²) in [5, 5.41) is 19.2. The summed E-state index contributed by atoms with van der Waals surface area (Å²) in [6, 6.07) is 2.38. The van der Waals surface area contributed by atoms with E-state index in [4.69, 9.17) is 5.11 Å². The third kappa shape index (κ3) is 1.79. The van der Waals surface area contributed by atoms with Crippen molar-refractivity contribution in [2.24, 2.45) is 0 Å². The Hall–Kier alpha value is -0.850. The number of carboxylic acid groups (broad SMARTS) is 1. The molecule has 0 atom stereocenters. The van der Waals surface area contributed by atoms with Crippen LogP contribution in [0.15, 0.2) is 12.1 Å². The van der Waals surface area contributed by atoms with Gasteiger partial charge in [0.15, 0.2) is 0 Å². The van der Waals surface area contributed by atoms with Crippen LogP contribution < -0.4 is 5.11 Å². The number of rotatable bonds is 1. The maximum absolute atomic E-state index is 10.7. The van der Waals surface area contributed by atoms with E-state index in [1.54, 1.807) is 22.6 Å². The highest BCUT2D eigenvalue weighted by Gasteiger charge is 2.03. The Kier molecular flexibility index (Phi) is 2.28. The highest BCUT2D eigenvalue weighted by atomic mass is 127. The zero-order valence-electron chi connectivity index (χ0n) is 5.24. The molecule has 0 saturated heterocycles. The number of nitrogens with zero attached hydrogens (tertiary/aromatic N) is 1. The van der Waals surface area contributed by atoms with Gasteiger partial charge < -0.3 is 10.2 Å². The first-order valence-corrected chi connectivity index (χ1v) is 3.76. The lowest BCUT2D eigenvalue weighted by Crippen LogP contribution is -2.03. The third-order valence-electron chi connectivity index (χ3n) is 1.03. The Labute approximate surface area is 76.0 Å². The van der Waals surface area contributed by atoms with Crippen LogP contribution in [0.5, 0.6) is 5.75 Å². The average Bonchev–Trinajstić information content (AvgIpc) is 1.94. The summed E-state index contributed by atoms with van der Waals surface area (Å²) < 4.78 is 0.183. The van der Waals surface area contributed by atoms with Gasteiger partial charge in [-0.2, -0.15) is 0 Å². The largest absolute Gasteiger partial charge is 0.871 e. The molecule has 1 N–H and O–H groups in total. The van der Waals surface area contributed by atoms with Crippen LogP contribution in [-0.4, -0.2) is 16.1 Å². The summed E-state index contributed by atoms with van der Waals surface area (Å²) in [6.45, 7) is 0. The number of hydrogen-bond acceptors (Lipinski definition) is 3. The maximum Gasteiger partial charge on any atom is 0.354 e. The van der Waals surface area contributed by atoms with Crippen LogP contribution in [0, 0.1) is 3.70 Å². The quantitative estimate of drug-likeness (QED) is 0.590. The van der Waals surface area contributed by atoms with Gasteiger partial charge in [-0.05, 0) is 28.7 Å². The molecule has 0 aliphatic rings. The Balaban J connectivity index is 3.15. The van der Waals surface area contributed by atoms with Gasteiger partial charge in [0.1, 0.15) is 5.69 Å². The molecule has 0 radical (unpaired) electrons. The smallest absolute Gasteiger partial charge is 0.354 e. The zero-order chi connectivity index (χ0) is 8.43. The van der Waals surface area contributed by atoms with Crippen LogP contribution in [0.4, 0.5) is 0 Å². The van der Waals surface area contributed by atoms with Gasteiger partial charge in [-0.15, -0.1) is 0 Å². The lowest BCUT2D eigenvalue weighted by atomic mass is 10.3. The van der Waals surface area contributed by atoms with E-state index in [1.807, 2.05) is 0 Å². The molecule has 1 aromatic heterocycles. The number of pyridine rings is 1. The fraction of sp³-hybridized carbons (Fsp3) is 0. The monoisotopic (exact) mass is 264 g/mol. The van der Waals surface area contributed by atoms with E-state index in [0.29, 0.717) is 0 Å². The van der Waals surface area contributed by atoms with Crippen LogP contribution in [0.1, 0.15) is 10.5 Å². The van der Waals surface area contributed by atoms with Gasteiger partial charge in [0.25, 0.3) is 0 Å². The molecule has 0 spiro atoms. The number of carbonyl (C=O) groups is 1. The van der Waals surface area contributed by atoms with Gasteiger partial charge in [-0.3, -0.25) is 0 Å². The van der Waals surface area contributed by atoms with Gasteiger partial charge in [0, 0.05) is 0 Å². The fourth-order valence-electron chi connectivity index (χ4n) is 0.541. The molecule has 0 saturated carbocycles. The highest BCUT2D eigenvalue weighted by Crippen LogP contribution is 2.13. The van der Waals surface area contributed by atoms with Crippen LogP contribution in [0.3, 0.4) is 0 Å². The summed E-state index contributed by atoms with van der Waals surface area (Å²) in [4.78, 5) is 13.8. The molecule has 0 fully saturated rings. The van der Waals surface area contributed by atoms with Crippen molar-refractivity contribution < 1.29 is 15.0 Å². The van der Waals surface area contributed by atoms with Crippen molar-refractivity contribution in [3.8, 4) is 5.75 Å². The molecular formula is C6H3INO3-. The van der Waals surface area contributed by atoms with Crippen molar-refractivity contribution >= 4 is 28.6 Å². The van der Waals surface area contributed by atoms with Crippen molar-refractivity contribution in [3.05, 3.63) is 21.5 Å². The number of aromatic nitrogens is 1. The van der Waals surface area contributed by atoms with Crippen molar-refractivity contribution in [1.29, 1.82) is 0 Å². The van der Waals surface area contributed by atoms with E-state index in [2.05, 4.69) is 4.98 Å². The molecule has 1 rings (SSSR count). The summed E-state index contributed by atoms with van der Waals surface area (Å²) in [6.07, 6.45) is 0. The van der Waals surface area contributed by atoms with Crippen LogP contribution in [0.25, 0.3) is 0 Å². The zero-order valence-corrected chi connectivity index (χ0v) is 7.40. The fourth-order valence-corrected chi connectivity index (χ4v) is 0.980. The molecule has 5 heteroatoms. The number of aromatic carboxylic acids is 1. The van der Waals surface area contributed by atoms with Gasteiger partial charge in [0.2, 0.25) is 0 Å². The van der Waals surface area contributed by atoms with Crippen LogP contribution in [-0.2, 0) is 0 Å². The number of hydrogen-bond donors (Lipinski definition) is 1. The molecule has 1 heterocycles. The standard InChI is InChI=1S/C6H4INO3/c7-5-4(9)2-1-3(8-5)6(10)11/h1-2,9H,(H,10,11)/p-1. The minimum Gasteiger partial charge on any atom is -0.871 e. The second kappa shape index (κ2) is 3.04. The van der Waals surface area contributed by atoms with E-state index in [0.717, 1.165) is 0 Å². The SMILES string of the molecule is O=C(O)c1ccc([O-])c(I)n1.